The van der Waals surface area contributed by atoms with Crippen molar-refractivity contribution in [2.24, 2.45) is 0 Å². The Kier molecular flexibility index (Phi) is 4.30. The molecule has 0 aliphatic carbocycles. The van der Waals surface area contributed by atoms with Crippen molar-refractivity contribution in [2.45, 2.75) is 13.1 Å². The van der Waals surface area contributed by atoms with Gasteiger partial charge in [-0.1, -0.05) is 24.3 Å². The summed E-state index contributed by atoms with van der Waals surface area (Å²) in [5.41, 5.74) is 3.63. The molecule has 3 aromatic rings. The van der Waals surface area contributed by atoms with E-state index in [1.165, 1.54) is 11.1 Å². The molecule has 0 unspecified atom stereocenters. The van der Waals surface area contributed by atoms with Crippen LogP contribution >= 0.6 is 0 Å². The summed E-state index contributed by atoms with van der Waals surface area (Å²) in [7, 11) is 4.17. The van der Waals surface area contributed by atoms with Crippen molar-refractivity contribution in [3.05, 3.63) is 72.3 Å². The molecule has 4 heteroatoms. The minimum absolute atomic E-state index is 0.812. The Morgan fingerprint density at radius 3 is 2.45 bits per heavy atom. The molecular formula is C18H20N4. The fourth-order valence-corrected chi connectivity index (χ4v) is 2.50. The summed E-state index contributed by atoms with van der Waals surface area (Å²) in [5, 5.41) is 0. The molecule has 0 amide bonds. The second kappa shape index (κ2) is 6.54. The van der Waals surface area contributed by atoms with Crippen molar-refractivity contribution in [2.75, 3.05) is 14.1 Å². The Bertz CT molecular complexity index is 714. The Labute approximate surface area is 131 Å². The first-order valence-electron chi connectivity index (χ1n) is 7.36. The number of rotatable bonds is 5. The average Bonchev–Trinajstić information content (AvgIpc) is 2.98. The summed E-state index contributed by atoms with van der Waals surface area (Å²) < 4.78 is 2.15. The van der Waals surface area contributed by atoms with Crippen LogP contribution in [0.1, 0.15) is 11.1 Å². The molecule has 0 bridgehead atoms. The molecule has 4 nitrogen and oxygen atoms in total. The fraction of sp³-hybridized carbons (Fsp3) is 0.222. The molecule has 0 spiro atoms. The first kappa shape index (κ1) is 14.5. The molecule has 1 aromatic carbocycles. The number of nitrogens with zero attached hydrogens (tertiary/aromatic N) is 4. The second-order valence-electron chi connectivity index (χ2n) is 5.67. The van der Waals surface area contributed by atoms with Gasteiger partial charge in [0.15, 0.2) is 0 Å². The number of benzene rings is 1. The van der Waals surface area contributed by atoms with Gasteiger partial charge < -0.3 is 9.47 Å². The third-order valence-electron chi connectivity index (χ3n) is 3.51. The molecule has 22 heavy (non-hydrogen) atoms. The van der Waals surface area contributed by atoms with Crippen LogP contribution in [-0.2, 0) is 13.1 Å². The average molecular weight is 292 g/mol. The van der Waals surface area contributed by atoms with E-state index >= 15 is 0 Å². The molecule has 0 saturated carbocycles. The maximum atomic E-state index is 4.46. The zero-order valence-electron chi connectivity index (χ0n) is 13.0. The predicted molar refractivity (Wildman–Crippen MR) is 88.4 cm³/mol. The standard InChI is InChI=1S/C18H20N4/c1-21(2)13-15-5-7-16(8-6-15)14-22-11-10-20-18(22)17-4-3-9-19-12-17/h3-12H,13-14H2,1-2H3. The second-order valence-corrected chi connectivity index (χ2v) is 5.67. The van der Waals surface area contributed by atoms with Crippen LogP contribution in [0, 0.1) is 0 Å². The summed E-state index contributed by atoms with van der Waals surface area (Å²) in [4.78, 5) is 10.8. The molecule has 3 rings (SSSR count). The molecular weight excluding hydrogens is 272 g/mol. The first-order valence-corrected chi connectivity index (χ1v) is 7.36. The van der Waals surface area contributed by atoms with Gasteiger partial charge in [0.05, 0.1) is 0 Å². The lowest BCUT2D eigenvalue weighted by molar-refractivity contribution is 0.402. The predicted octanol–water partition coefficient (Wildman–Crippen LogP) is 3.06. The Hall–Kier alpha value is -2.46. The number of hydrogen-bond donors (Lipinski definition) is 0. The van der Waals surface area contributed by atoms with Crippen LogP contribution < -0.4 is 0 Å². The van der Waals surface area contributed by atoms with Gasteiger partial charge in [0.1, 0.15) is 5.82 Å². The molecule has 0 atom stereocenters. The minimum atomic E-state index is 0.812. The molecule has 0 saturated heterocycles. The Balaban J connectivity index is 1.78. The topological polar surface area (TPSA) is 34.0 Å². The monoisotopic (exact) mass is 292 g/mol. The highest BCUT2D eigenvalue weighted by molar-refractivity contribution is 5.53. The van der Waals surface area contributed by atoms with Crippen LogP contribution in [-0.4, -0.2) is 33.5 Å². The lowest BCUT2D eigenvalue weighted by atomic mass is 10.1. The highest BCUT2D eigenvalue weighted by Gasteiger charge is 2.06. The van der Waals surface area contributed by atoms with Gasteiger partial charge in [0.2, 0.25) is 0 Å². The summed E-state index contributed by atoms with van der Waals surface area (Å²) in [6.45, 7) is 1.78. The number of aromatic nitrogens is 3. The smallest absolute Gasteiger partial charge is 0.141 e. The molecule has 2 heterocycles. The Morgan fingerprint density at radius 2 is 1.77 bits per heavy atom. The summed E-state index contributed by atoms with van der Waals surface area (Å²) in [6.07, 6.45) is 7.47. The van der Waals surface area contributed by atoms with Crippen LogP contribution in [0.4, 0.5) is 0 Å². The van der Waals surface area contributed by atoms with Crippen molar-refractivity contribution in [1.29, 1.82) is 0 Å². The fourth-order valence-electron chi connectivity index (χ4n) is 2.50. The van der Waals surface area contributed by atoms with E-state index < -0.39 is 0 Å². The highest BCUT2D eigenvalue weighted by atomic mass is 15.1. The maximum Gasteiger partial charge on any atom is 0.141 e. The number of hydrogen-bond acceptors (Lipinski definition) is 3. The van der Waals surface area contributed by atoms with E-state index in [4.69, 9.17) is 0 Å². The van der Waals surface area contributed by atoms with Crippen LogP contribution in [0.15, 0.2) is 61.2 Å². The Morgan fingerprint density at radius 1 is 1.00 bits per heavy atom. The van der Waals surface area contributed by atoms with Gasteiger partial charge in [-0.15, -0.1) is 0 Å². The zero-order valence-corrected chi connectivity index (χ0v) is 13.0. The normalized spacial score (nSPS) is 11.0. The lowest BCUT2D eigenvalue weighted by Crippen LogP contribution is -2.10. The van der Waals surface area contributed by atoms with E-state index in [0.29, 0.717) is 0 Å². The molecule has 0 aliphatic heterocycles. The van der Waals surface area contributed by atoms with E-state index in [1.54, 1.807) is 6.20 Å². The quantitative estimate of drug-likeness (QED) is 0.725. The first-order chi connectivity index (χ1) is 10.7. The highest BCUT2D eigenvalue weighted by Crippen LogP contribution is 2.17. The van der Waals surface area contributed by atoms with Crippen LogP contribution in [0.3, 0.4) is 0 Å². The largest absolute Gasteiger partial charge is 0.327 e. The summed E-state index contributed by atoms with van der Waals surface area (Å²) in [5.74, 6) is 0.950. The van der Waals surface area contributed by atoms with Gasteiger partial charge in [0.25, 0.3) is 0 Å². The van der Waals surface area contributed by atoms with Crippen molar-refractivity contribution >= 4 is 0 Å². The third kappa shape index (κ3) is 3.40. The maximum absolute atomic E-state index is 4.46. The van der Waals surface area contributed by atoms with E-state index in [1.807, 2.05) is 30.7 Å². The van der Waals surface area contributed by atoms with Crippen LogP contribution in [0.2, 0.25) is 0 Å². The molecule has 0 aliphatic rings. The van der Waals surface area contributed by atoms with Crippen LogP contribution in [0.25, 0.3) is 11.4 Å². The number of pyridine rings is 1. The van der Waals surface area contributed by atoms with Gasteiger partial charge in [-0.2, -0.15) is 0 Å². The minimum Gasteiger partial charge on any atom is -0.327 e. The van der Waals surface area contributed by atoms with Crippen molar-refractivity contribution in [1.82, 2.24) is 19.4 Å². The lowest BCUT2D eigenvalue weighted by Gasteiger charge is -2.11. The molecule has 112 valence electrons. The van der Waals surface area contributed by atoms with Crippen LogP contribution in [0.5, 0.6) is 0 Å². The summed E-state index contributed by atoms with van der Waals surface area (Å²) in [6, 6.07) is 12.7. The van der Waals surface area contributed by atoms with E-state index in [0.717, 1.165) is 24.5 Å². The SMILES string of the molecule is CN(C)Cc1ccc(Cn2ccnc2-c2cccnc2)cc1. The van der Waals surface area contributed by atoms with Gasteiger partial charge in [-0.3, -0.25) is 4.98 Å². The molecule has 2 aromatic heterocycles. The van der Waals surface area contributed by atoms with Gasteiger partial charge in [0, 0.05) is 43.4 Å². The van der Waals surface area contributed by atoms with E-state index in [9.17, 15) is 0 Å². The third-order valence-corrected chi connectivity index (χ3v) is 3.51. The molecule has 0 radical (unpaired) electrons. The zero-order chi connectivity index (χ0) is 15.4. The summed E-state index contributed by atoms with van der Waals surface area (Å²) >= 11 is 0. The molecule has 0 fully saturated rings. The molecule has 0 N–H and O–H groups in total. The van der Waals surface area contributed by atoms with E-state index in [2.05, 4.69) is 57.8 Å². The van der Waals surface area contributed by atoms with Gasteiger partial charge in [-0.25, -0.2) is 4.98 Å². The van der Waals surface area contributed by atoms with Gasteiger partial charge in [-0.05, 0) is 37.4 Å². The van der Waals surface area contributed by atoms with E-state index in [-0.39, 0.29) is 0 Å². The number of imidazole rings is 1. The van der Waals surface area contributed by atoms with Crippen molar-refractivity contribution in [3.63, 3.8) is 0 Å². The van der Waals surface area contributed by atoms with Crippen molar-refractivity contribution < 1.29 is 0 Å². The van der Waals surface area contributed by atoms with Gasteiger partial charge >= 0.3 is 0 Å². The van der Waals surface area contributed by atoms with Crippen molar-refractivity contribution in [3.8, 4) is 11.4 Å².